The quantitative estimate of drug-likeness (QED) is 0.211. The van der Waals surface area contributed by atoms with Gasteiger partial charge in [-0.15, -0.1) is 0 Å². The Kier molecular flexibility index (Phi) is 4.45. The highest BCUT2D eigenvalue weighted by Gasteiger charge is 2.20. The van der Waals surface area contributed by atoms with Crippen molar-refractivity contribution in [2.75, 3.05) is 0 Å². The molecular formula is C40H24N2O. The Morgan fingerprint density at radius 2 is 0.907 bits per heavy atom. The molecule has 0 N–H and O–H groups in total. The van der Waals surface area contributed by atoms with Crippen LogP contribution in [0.2, 0.25) is 0 Å². The number of benzene rings is 7. The third-order valence-electron chi connectivity index (χ3n) is 9.07. The summed E-state index contributed by atoms with van der Waals surface area (Å²) >= 11 is 0. The highest BCUT2D eigenvalue weighted by atomic mass is 16.3. The van der Waals surface area contributed by atoms with Crippen LogP contribution in [0.15, 0.2) is 150 Å². The Hall–Kier alpha value is -5.80. The monoisotopic (exact) mass is 548 g/mol. The minimum absolute atomic E-state index is 0.899. The number of hydrogen-bond donors (Lipinski definition) is 0. The Bertz CT molecular complexity index is 2720. The molecule has 200 valence electrons. The van der Waals surface area contributed by atoms with Crippen LogP contribution in [0, 0.1) is 0 Å². The van der Waals surface area contributed by atoms with Gasteiger partial charge in [0.2, 0.25) is 0 Å². The lowest BCUT2D eigenvalue weighted by molar-refractivity contribution is 0.669. The molecule has 3 nitrogen and oxygen atoms in total. The summed E-state index contributed by atoms with van der Waals surface area (Å²) < 4.78 is 11.3. The van der Waals surface area contributed by atoms with Gasteiger partial charge in [0.1, 0.15) is 11.2 Å². The summed E-state index contributed by atoms with van der Waals surface area (Å²) in [6, 6.07) is 52.3. The van der Waals surface area contributed by atoms with Gasteiger partial charge in [-0.3, -0.25) is 0 Å². The molecule has 3 heteroatoms. The first-order valence-corrected chi connectivity index (χ1v) is 14.7. The zero-order valence-corrected chi connectivity index (χ0v) is 23.2. The molecule has 10 aromatic rings. The van der Waals surface area contributed by atoms with Gasteiger partial charge in [-0.25, -0.2) is 0 Å². The van der Waals surface area contributed by atoms with Gasteiger partial charge in [-0.1, -0.05) is 78.9 Å². The molecule has 3 heterocycles. The second-order valence-corrected chi connectivity index (χ2v) is 11.4. The van der Waals surface area contributed by atoms with E-state index in [1.165, 1.54) is 60.1 Å². The Balaban J connectivity index is 1.30. The molecule has 0 aliphatic carbocycles. The zero-order valence-electron chi connectivity index (χ0n) is 23.2. The molecule has 3 aromatic heterocycles. The molecule has 0 saturated carbocycles. The standard InChI is InChI=1S/C40H24N2O/c1-2-12-27(13-3-1)41-33-16-8-6-14-30(33)39-35(41)20-21-36-40(39)31-15-7-9-17-34(31)42(36)28-18-19-29-32-22-25-10-4-5-11-26(25)23-37(32)43-38(29)24-28/h1-24H. The average molecular weight is 549 g/mol. The van der Waals surface area contributed by atoms with Gasteiger partial charge in [-0.2, -0.15) is 0 Å². The Morgan fingerprint density at radius 1 is 0.349 bits per heavy atom. The van der Waals surface area contributed by atoms with E-state index in [9.17, 15) is 0 Å². The average Bonchev–Trinajstić information content (AvgIpc) is 3.70. The first-order valence-electron chi connectivity index (χ1n) is 14.7. The van der Waals surface area contributed by atoms with Crippen LogP contribution in [-0.2, 0) is 0 Å². The molecule has 0 spiro atoms. The summed E-state index contributed by atoms with van der Waals surface area (Å²) in [5.41, 5.74) is 8.87. The van der Waals surface area contributed by atoms with E-state index in [-0.39, 0.29) is 0 Å². The van der Waals surface area contributed by atoms with Crippen LogP contribution in [-0.4, -0.2) is 9.13 Å². The second-order valence-electron chi connectivity index (χ2n) is 11.4. The second kappa shape index (κ2) is 8.37. The van der Waals surface area contributed by atoms with Crippen LogP contribution in [0.1, 0.15) is 0 Å². The third kappa shape index (κ3) is 3.08. The molecule has 0 unspecified atom stereocenters. The fraction of sp³-hybridized carbons (Fsp3) is 0. The molecule has 10 rings (SSSR count). The van der Waals surface area contributed by atoms with Crippen molar-refractivity contribution < 1.29 is 4.42 Å². The van der Waals surface area contributed by atoms with E-state index >= 15 is 0 Å². The van der Waals surface area contributed by atoms with Crippen molar-refractivity contribution in [2.45, 2.75) is 0 Å². The maximum absolute atomic E-state index is 6.49. The molecule has 43 heavy (non-hydrogen) atoms. The van der Waals surface area contributed by atoms with Crippen LogP contribution in [0.5, 0.6) is 0 Å². The molecule has 0 atom stereocenters. The summed E-state index contributed by atoms with van der Waals surface area (Å²) in [5, 5.41) is 9.76. The Morgan fingerprint density at radius 3 is 1.60 bits per heavy atom. The van der Waals surface area contributed by atoms with Crippen LogP contribution in [0.25, 0.3) is 87.7 Å². The lowest BCUT2D eigenvalue weighted by atomic mass is 10.1. The molecule has 0 saturated heterocycles. The highest BCUT2D eigenvalue weighted by Crippen LogP contribution is 2.43. The maximum Gasteiger partial charge on any atom is 0.137 e. The number of nitrogens with zero attached hydrogens (tertiary/aromatic N) is 2. The van der Waals surface area contributed by atoms with Gasteiger partial charge in [0.15, 0.2) is 0 Å². The van der Waals surface area contributed by atoms with Gasteiger partial charge in [-0.05, 0) is 71.4 Å². The van der Waals surface area contributed by atoms with Crippen molar-refractivity contribution in [1.29, 1.82) is 0 Å². The summed E-state index contributed by atoms with van der Waals surface area (Å²) in [5.74, 6) is 0. The number of hydrogen-bond acceptors (Lipinski definition) is 1. The van der Waals surface area contributed by atoms with Gasteiger partial charge in [0.25, 0.3) is 0 Å². The summed E-state index contributed by atoms with van der Waals surface area (Å²) in [4.78, 5) is 0. The number of para-hydroxylation sites is 3. The first-order chi connectivity index (χ1) is 21.3. The van der Waals surface area contributed by atoms with E-state index in [0.29, 0.717) is 0 Å². The molecule has 0 fully saturated rings. The zero-order chi connectivity index (χ0) is 28.1. The molecule has 0 amide bonds. The van der Waals surface area contributed by atoms with Crippen LogP contribution >= 0.6 is 0 Å². The Labute approximate surface area is 246 Å². The SMILES string of the molecule is c1ccc(-n2c3ccccc3c3c4c5ccccc5n(-c5ccc6c(c5)oc5cc7ccccc7cc56)c4ccc32)cc1. The fourth-order valence-corrected chi connectivity index (χ4v) is 7.24. The van der Waals surface area contributed by atoms with Crippen molar-refractivity contribution in [3.05, 3.63) is 146 Å². The smallest absolute Gasteiger partial charge is 0.137 e. The predicted octanol–water partition coefficient (Wildman–Crippen LogP) is 10.9. The molecule has 0 bridgehead atoms. The van der Waals surface area contributed by atoms with Crippen molar-refractivity contribution in [2.24, 2.45) is 0 Å². The number of fused-ring (bicyclic) bond motifs is 11. The first kappa shape index (κ1) is 22.8. The number of rotatable bonds is 2. The van der Waals surface area contributed by atoms with Gasteiger partial charge < -0.3 is 13.6 Å². The molecule has 0 aliphatic rings. The fourth-order valence-electron chi connectivity index (χ4n) is 7.24. The van der Waals surface area contributed by atoms with Gasteiger partial charge >= 0.3 is 0 Å². The van der Waals surface area contributed by atoms with E-state index in [4.69, 9.17) is 4.42 Å². The van der Waals surface area contributed by atoms with Crippen molar-refractivity contribution in [3.63, 3.8) is 0 Å². The predicted molar refractivity (Wildman–Crippen MR) is 180 cm³/mol. The van der Waals surface area contributed by atoms with E-state index in [0.717, 1.165) is 27.6 Å². The van der Waals surface area contributed by atoms with Crippen LogP contribution in [0.4, 0.5) is 0 Å². The third-order valence-corrected chi connectivity index (χ3v) is 9.07. The largest absolute Gasteiger partial charge is 0.456 e. The molecular weight excluding hydrogens is 524 g/mol. The van der Waals surface area contributed by atoms with Gasteiger partial charge in [0.05, 0.1) is 22.1 Å². The minimum atomic E-state index is 0.899. The summed E-state index contributed by atoms with van der Waals surface area (Å²) in [7, 11) is 0. The summed E-state index contributed by atoms with van der Waals surface area (Å²) in [6.45, 7) is 0. The van der Waals surface area contributed by atoms with E-state index in [2.05, 4.69) is 155 Å². The van der Waals surface area contributed by atoms with E-state index in [1.54, 1.807) is 0 Å². The molecule has 0 aliphatic heterocycles. The van der Waals surface area contributed by atoms with E-state index < -0.39 is 0 Å². The lowest BCUT2D eigenvalue weighted by Gasteiger charge is -2.09. The van der Waals surface area contributed by atoms with Crippen molar-refractivity contribution in [1.82, 2.24) is 9.13 Å². The minimum Gasteiger partial charge on any atom is -0.456 e. The van der Waals surface area contributed by atoms with Crippen LogP contribution in [0.3, 0.4) is 0 Å². The molecule has 7 aromatic carbocycles. The van der Waals surface area contributed by atoms with E-state index in [1.807, 2.05) is 0 Å². The van der Waals surface area contributed by atoms with Crippen molar-refractivity contribution >= 4 is 76.3 Å². The number of furan rings is 1. The maximum atomic E-state index is 6.49. The highest BCUT2D eigenvalue weighted by molar-refractivity contribution is 6.29. The van der Waals surface area contributed by atoms with Crippen LogP contribution < -0.4 is 0 Å². The normalized spacial score (nSPS) is 12.2. The summed E-state index contributed by atoms with van der Waals surface area (Å²) in [6.07, 6.45) is 0. The topological polar surface area (TPSA) is 23.0 Å². The lowest BCUT2D eigenvalue weighted by Crippen LogP contribution is -1.94. The van der Waals surface area contributed by atoms with Crippen molar-refractivity contribution in [3.8, 4) is 11.4 Å². The van der Waals surface area contributed by atoms with Gasteiger partial charge in [0, 0.05) is 49.8 Å². The molecule has 0 radical (unpaired) electrons. The number of aromatic nitrogens is 2.